The molecule has 9 heteroatoms. The van der Waals surface area contributed by atoms with Crippen LogP contribution in [0.5, 0.6) is 0 Å². The molecular weight excluding hydrogens is 372 g/mol. The first-order valence-electron chi connectivity index (χ1n) is 10.5. The normalized spacial score (nSPS) is 24.7. The van der Waals surface area contributed by atoms with Crippen LogP contribution in [-0.2, 0) is 11.8 Å². The lowest BCUT2D eigenvalue weighted by Gasteiger charge is -2.37. The SMILES string of the molecule is CN(C)C1CCN(CCN2CC3(CCN(C(=O)c4cnn(C)c4)CC3)OC2=O)C1. The Morgan fingerprint density at radius 2 is 2.03 bits per heavy atom. The second kappa shape index (κ2) is 7.95. The molecule has 9 nitrogen and oxygen atoms in total. The topological polar surface area (TPSA) is 74.2 Å². The summed E-state index contributed by atoms with van der Waals surface area (Å²) >= 11 is 0. The molecule has 160 valence electrons. The number of nitrogens with zero attached hydrogens (tertiary/aromatic N) is 6. The molecule has 1 atom stereocenters. The van der Waals surface area contributed by atoms with E-state index in [4.69, 9.17) is 4.74 Å². The average molecular weight is 405 g/mol. The molecule has 3 aliphatic rings. The number of likely N-dealkylation sites (tertiary alicyclic amines) is 2. The Morgan fingerprint density at radius 3 is 2.66 bits per heavy atom. The highest BCUT2D eigenvalue weighted by molar-refractivity contribution is 5.93. The van der Waals surface area contributed by atoms with Gasteiger partial charge in [0.15, 0.2) is 0 Å². The molecule has 0 bridgehead atoms. The van der Waals surface area contributed by atoms with E-state index in [1.165, 1.54) is 6.42 Å². The molecule has 2 amide bonds. The van der Waals surface area contributed by atoms with Gasteiger partial charge in [-0.25, -0.2) is 4.79 Å². The lowest BCUT2D eigenvalue weighted by Crippen LogP contribution is -2.49. The number of hydrogen-bond acceptors (Lipinski definition) is 6. The Hall–Kier alpha value is -2.13. The highest BCUT2D eigenvalue weighted by atomic mass is 16.6. The lowest BCUT2D eigenvalue weighted by atomic mass is 9.91. The van der Waals surface area contributed by atoms with Crippen molar-refractivity contribution in [3.05, 3.63) is 18.0 Å². The summed E-state index contributed by atoms with van der Waals surface area (Å²) in [7, 11) is 6.06. The van der Waals surface area contributed by atoms with E-state index in [1.54, 1.807) is 24.1 Å². The van der Waals surface area contributed by atoms with E-state index < -0.39 is 5.60 Å². The molecule has 0 aliphatic carbocycles. The van der Waals surface area contributed by atoms with E-state index in [-0.39, 0.29) is 12.0 Å². The van der Waals surface area contributed by atoms with Crippen LogP contribution in [0.4, 0.5) is 4.79 Å². The minimum atomic E-state index is -0.444. The van der Waals surface area contributed by atoms with Gasteiger partial charge in [0.25, 0.3) is 5.91 Å². The Balaban J connectivity index is 1.26. The van der Waals surface area contributed by atoms with Crippen molar-refractivity contribution in [3.63, 3.8) is 0 Å². The highest BCUT2D eigenvalue weighted by Crippen LogP contribution is 2.33. The monoisotopic (exact) mass is 404 g/mol. The van der Waals surface area contributed by atoms with Gasteiger partial charge in [-0.3, -0.25) is 14.4 Å². The zero-order valence-corrected chi connectivity index (χ0v) is 17.7. The van der Waals surface area contributed by atoms with Crippen LogP contribution in [0.1, 0.15) is 29.6 Å². The molecule has 0 N–H and O–H groups in total. The van der Waals surface area contributed by atoms with Gasteiger partial charge < -0.3 is 19.4 Å². The zero-order valence-electron chi connectivity index (χ0n) is 17.7. The number of aryl methyl sites for hydroxylation is 1. The summed E-state index contributed by atoms with van der Waals surface area (Å²) in [5.74, 6) is -0.00129. The van der Waals surface area contributed by atoms with Crippen molar-refractivity contribution in [1.82, 2.24) is 29.4 Å². The summed E-state index contributed by atoms with van der Waals surface area (Å²) in [6.07, 6.45) is 5.69. The van der Waals surface area contributed by atoms with Crippen LogP contribution in [0.2, 0.25) is 0 Å². The van der Waals surface area contributed by atoms with E-state index in [2.05, 4.69) is 29.0 Å². The molecule has 4 heterocycles. The fourth-order valence-corrected chi connectivity index (χ4v) is 4.66. The largest absolute Gasteiger partial charge is 0.441 e. The van der Waals surface area contributed by atoms with Crippen molar-refractivity contribution >= 4 is 12.0 Å². The molecule has 1 aromatic heterocycles. The molecule has 29 heavy (non-hydrogen) atoms. The predicted octanol–water partition coefficient (Wildman–Crippen LogP) is 0.483. The van der Waals surface area contributed by atoms with Gasteiger partial charge in [0.05, 0.1) is 18.3 Å². The molecule has 4 rings (SSSR count). The summed E-state index contributed by atoms with van der Waals surface area (Å²) in [5, 5.41) is 4.08. The van der Waals surface area contributed by atoms with Crippen molar-refractivity contribution in [3.8, 4) is 0 Å². The maximum atomic E-state index is 12.6. The number of carbonyl (C=O) groups excluding carboxylic acids is 2. The van der Waals surface area contributed by atoms with Crippen LogP contribution < -0.4 is 0 Å². The van der Waals surface area contributed by atoms with Gasteiger partial charge in [0.2, 0.25) is 0 Å². The average Bonchev–Trinajstić information content (AvgIpc) is 3.40. The third-order valence-corrected chi connectivity index (χ3v) is 6.62. The first-order chi connectivity index (χ1) is 13.8. The molecule has 1 aromatic rings. The molecule has 0 saturated carbocycles. The van der Waals surface area contributed by atoms with Gasteiger partial charge in [-0.1, -0.05) is 0 Å². The van der Waals surface area contributed by atoms with Crippen molar-refractivity contribution < 1.29 is 14.3 Å². The smallest absolute Gasteiger partial charge is 0.410 e. The van der Waals surface area contributed by atoms with Crippen molar-refractivity contribution in [2.24, 2.45) is 7.05 Å². The number of piperidine rings is 1. The van der Waals surface area contributed by atoms with Crippen molar-refractivity contribution in [2.75, 3.05) is 59.9 Å². The molecule has 1 spiro atoms. The maximum Gasteiger partial charge on any atom is 0.410 e. The summed E-state index contributed by atoms with van der Waals surface area (Å²) < 4.78 is 7.46. The van der Waals surface area contributed by atoms with Crippen LogP contribution in [0.15, 0.2) is 12.4 Å². The molecular formula is C20H32N6O3. The fraction of sp³-hybridized carbons (Fsp3) is 0.750. The van der Waals surface area contributed by atoms with Gasteiger partial charge in [0, 0.05) is 64.9 Å². The Morgan fingerprint density at radius 1 is 1.28 bits per heavy atom. The van der Waals surface area contributed by atoms with E-state index in [9.17, 15) is 9.59 Å². The molecule has 1 unspecified atom stereocenters. The van der Waals surface area contributed by atoms with Crippen LogP contribution in [0.25, 0.3) is 0 Å². The first-order valence-corrected chi connectivity index (χ1v) is 10.5. The molecule has 0 aromatic carbocycles. The van der Waals surface area contributed by atoms with Crippen LogP contribution in [0, 0.1) is 0 Å². The summed E-state index contributed by atoms with van der Waals surface area (Å²) in [6.45, 7) is 5.58. The first kappa shape index (κ1) is 20.2. The van der Waals surface area contributed by atoms with Crippen LogP contribution in [0.3, 0.4) is 0 Å². The Labute approximate surface area is 172 Å². The number of hydrogen-bond donors (Lipinski definition) is 0. The minimum absolute atomic E-state index is 0.00129. The van der Waals surface area contributed by atoms with Gasteiger partial charge in [-0.2, -0.15) is 5.10 Å². The third kappa shape index (κ3) is 4.25. The molecule has 3 fully saturated rings. The maximum absolute atomic E-state index is 12.6. The van der Waals surface area contributed by atoms with Gasteiger partial charge in [-0.15, -0.1) is 0 Å². The number of aromatic nitrogens is 2. The lowest BCUT2D eigenvalue weighted by molar-refractivity contribution is 0.00312. The van der Waals surface area contributed by atoms with Crippen molar-refractivity contribution in [1.29, 1.82) is 0 Å². The number of likely N-dealkylation sites (N-methyl/N-ethyl adjacent to an activating group) is 1. The van der Waals surface area contributed by atoms with E-state index in [0.717, 1.165) is 19.6 Å². The van der Waals surface area contributed by atoms with E-state index >= 15 is 0 Å². The summed E-state index contributed by atoms with van der Waals surface area (Å²) in [5.41, 5.74) is 0.162. The number of carbonyl (C=O) groups is 2. The van der Waals surface area contributed by atoms with Crippen LogP contribution in [-0.4, -0.2) is 113 Å². The molecule has 0 radical (unpaired) electrons. The molecule has 3 aliphatic heterocycles. The third-order valence-electron chi connectivity index (χ3n) is 6.62. The van der Waals surface area contributed by atoms with Gasteiger partial charge in [0.1, 0.15) is 5.60 Å². The zero-order chi connectivity index (χ0) is 20.6. The highest BCUT2D eigenvalue weighted by Gasteiger charge is 2.47. The van der Waals surface area contributed by atoms with E-state index in [1.807, 2.05) is 9.80 Å². The summed E-state index contributed by atoms with van der Waals surface area (Å²) in [4.78, 5) is 33.5. The summed E-state index contributed by atoms with van der Waals surface area (Å²) in [6, 6.07) is 0.605. The fourth-order valence-electron chi connectivity index (χ4n) is 4.66. The molecule has 3 saturated heterocycles. The Bertz CT molecular complexity index is 755. The van der Waals surface area contributed by atoms with Crippen LogP contribution >= 0.6 is 0 Å². The second-order valence-corrected chi connectivity index (χ2v) is 8.87. The van der Waals surface area contributed by atoms with Gasteiger partial charge >= 0.3 is 6.09 Å². The minimum Gasteiger partial charge on any atom is -0.441 e. The number of ether oxygens (including phenoxy) is 1. The quantitative estimate of drug-likeness (QED) is 0.711. The predicted molar refractivity (Wildman–Crippen MR) is 108 cm³/mol. The second-order valence-electron chi connectivity index (χ2n) is 8.87. The number of rotatable bonds is 5. The Kier molecular flexibility index (Phi) is 5.52. The number of amides is 2. The van der Waals surface area contributed by atoms with Gasteiger partial charge in [-0.05, 0) is 27.1 Å². The van der Waals surface area contributed by atoms with Crippen molar-refractivity contribution in [2.45, 2.75) is 30.9 Å². The standard InChI is InChI=1S/C20H32N6O3/c1-22(2)17-4-7-24(14-17)10-11-26-15-20(29-19(26)28)5-8-25(9-6-20)18(27)16-12-21-23(3)13-16/h12-13,17H,4-11,14-15H2,1-3H3. The van der Waals surface area contributed by atoms with E-state index in [0.29, 0.717) is 50.6 Å².